The molecule has 0 saturated heterocycles. The number of anilines is 1. The first-order valence-electron chi connectivity index (χ1n) is 3.46. The molecule has 5 heteroatoms. The van der Waals surface area contributed by atoms with Crippen molar-refractivity contribution in [1.82, 2.24) is 4.98 Å². The lowest BCUT2D eigenvalue weighted by Gasteiger charge is -1.89. The molecule has 0 fully saturated rings. The standard InChI is InChI=1S/C8H4ClN3S/c9-7-6-4(1-2-12-7)5(3-10)8(11)13-6/h1-2H,11H2. The molecule has 0 bridgehead atoms. The molecule has 0 saturated carbocycles. The number of hydrogen-bond donors (Lipinski definition) is 1. The van der Waals surface area contributed by atoms with Crippen LogP contribution in [-0.4, -0.2) is 4.98 Å². The van der Waals surface area contributed by atoms with Crippen LogP contribution in [0.5, 0.6) is 0 Å². The molecule has 13 heavy (non-hydrogen) atoms. The van der Waals surface area contributed by atoms with Crippen LogP contribution < -0.4 is 5.73 Å². The van der Waals surface area contributed by atoms with Crippen LogP contribution in [0, 0.1) is 11.3 Å². The summed E-state index contributed by atoms with van der Waals surface area (Å²) in [6.45, 7) is 0. The molecule has 0 aliphatic rings. The van der Waals surface area contributed by atoms with E-state index in [1.165, 1.54) is 11.3 Å². The van der Waals surface area contributed by atoms with Crippen LogP contribution in [0.2, 0.25) is 5.15 Å². The van der Waals surface area contributed by atoms with Crippen molar-refractivity contribution in [2.24, 2.45) is 0 Å². The number of hydrogen-bond acceptors (Lipinski definition) is 4. The number of nitriles is 1. The summed E-state index contributed by atoms with van der Waals surface area (Å²) < 4.78 is 0.776. The Morgan fingerprint density at radius 3 is 3.08 bits per heavy atom. The second-order valence-electron chi connectivity index (χ2n) is 2.43. The second-order valence-corrected chi connectivity index (χ2v) is 3.84. The van der Waals surface area contributed by atoms with Gasteiger partial charge < -0.3 is 5.73 Å². The summed E-state index contributed by atoms with van der Waals surface area (Å²) in [4.78, 5) is 3.91. The molecular weight excluding hydrogens is 206 g/mol. The van der Waals surface area contributed by atoms with E-state index in [9.17, 15) is 0 Å². The molecule has 2 rings (SSSR count). The maximum Gasteiger partial charge on any atom is 0.146 e. The summed E-state index contributed by atoms with van der Waals surface area (Å²) in [5.41, 5.74) is 6.13. The first-order chi connectivity index (χ1) is 6.24. The molecular formula is C8H4ClN3S. The summed E-state index contributed by atoms with van der Waals surface area (Å²) in [7, 11) is 0. The number of fused-ring (bicyclic) bond motifs is 1. The number of thiophene rings is 1. The van der Waals surface area contributed by atoms with Crippen molar-refractivity contribution in [2.75, 3.05) is 5.73 Å². The Hall–Kier alpha value is -1.31. The summed E-state index contributed by atoms with van der Waals surface area (Å²) in [5.74, 6) is 0. The second kappa shape index (κ2) is 2.87. The number of nitrogen functional groups attached to an aromatic ring is 1. The van der Waals surface area contributed by atoms with Crippen molar-refractivity contribution in [1.29, 1.82) is 5.26 Å². The smallest absolute Gasteiger partial charge is 0.146 e. The van der Waals surface area contributed by atoms with Crippen LogP contribution in [-0.2, 0) is 0 Å². The van der Waals surface area contributed by atoms with Gasteiger partial charge in [-0.25, -0.2) is 4.98 Å². The van der Waals surface area contributed by atoms with Gasteiger partial charge in [-0.3, -0.25) is 0 Å². The fourth-order valence-corrected chi connectivity index (χ4v) is 2.29. The normalized spacial score (nSPS) is 10.2. The molecule has 0 radical (unpaired) electrons. The van der Waals surface area contributed by atoms with Gasteiger partial charge in [0.05, 0.1) is 10.3 Å². The van der Waals surface area contributed by atoms with Crippen LogP contribution in [0.4, 0.5) is 5.00 Å². The van der Waals surface area contributed by atoms with E-state index in [0.29, 0.717) is 15.7 Å². The van der Waals surface area contributed by atoms with Crippen LogP contribution in [0.25, 0.3) is 10.1 Å². The van der Waals surface area contributed by atoms with E-state index in [-0.39, 0.29) is 0 Å². The van der Waals surface area contributed by atoms with E-state index < -0.39 is 0 Å². The number of pyridine rings is 1. The SMILES string of the molecule is N#Cc1c(N)sc2c(Cl)nccc12. The van der Waals surface area contributed by atoms with Crippen LogP contribution in [0.3, 0.4) is 0 Å². The quantitative estimate of drug-likeness (QED) is 0.678. The van der Waals surface area contributed by atoms with Gasteiger partial charge in [-0.1, -0.05) is 11.6 Å². The number of halogens is 1. The van der Waals surface area contributed by atoms with Gasteiger partial charge in [0.15, 0.2) is 0 Å². The molecule has 2 heterocycles. The molecule has 3 nitrogen and oxygen atoms in total. The van der Waals surface area contributed by atoms with Crippen LogP contribution >= 0.6 is 22.9 Å². The third-order valence-electron chi connectivity index (χ3n) is 1.70. The Morgan fingerprint density at radius 2 is 2.38 bits per heavy atom. The van der Waals surface area contributed by atoms with E-state index in [4.69, 9.17) is 22.6 Å². The Labute approximate surface area is 83.4 Å². The van der Waals surface area contributed by atoms with Gasteiger partial charge in [0.1, 0.15) is 16.2 Å². The number of nitrogens with zero attached hydrogens (tertiary/aromatic N) is 2. The van der Waals surface area contributed by atoms with Crippen molar-refractivity contribution in [3.05, 3.63) is 23.0 Å². The van der Waals surface area contributed by atoms with E-state index in [1.807, 2.05) is 6.07 Å². The van der Waals surface area contributed by atoms with Crippen molar-refractivity contribution < 1.29 is 0 Å². The first kappa shape index (κ1) is 8.30. The maximum absolute atomic E-state index is 8.81. The molecule has 0 amide bonds. The highest BCUT2D eigenvalue weighted by molar-refractivity contribution is 7.23. The van der Waals surface area contributed by atoms with Crippen molar-refractivity contribution >= 4 is 38.0 Å². The number of aromatic nitrogens is 1. The summed E-state index contributed by atoms with van der Waals surface area (Å²) >= 11 is 7.12. The van der Waals surface area contributed by atoms with Gasteiger partial charge in [-0.15, -0.1) is 11.3 Å². The predicted octanol–water partition coefficient (Wildman–Crippen LogP) is 2.40. The van der Waals surface area contributed by atoms with Crippen LogP contribution in [0.1, 0.15) is 5.56 Å². The molecule has 0 unspecified atom stereocenters. The first-order valence-corrected chi connectivity index (χ1v) is 4.66. The third-order valence-corrected chi connectivity index (χ3v) is 3.14. The van der Waals surface area contributed by atoms with E-state index in [1.54, 1.807) is 12.3 Å². The van der Waals surface area contributed by atoms with E-state index >= 15 is 0 Å². The highest BCUT2D eigenvalue weighted by Crippen LogP contribution is 2.35. The third kappa shape index (κ3) is 1.13. The van der Waals surface area contributed by atoms with Gasteiger partial charge in [-0.05, 0) is 6.07 Å². The monoisotopic (exact) mass is 209 g/mol. The molecule has 0 aliphatic heterocycles. The predicted molar refractivity (Wildman–Crippen MR) is 53.8 cm³/mol. The highest BCUT2D eigenvalue weighted by Gasteiger charge is 2.11. The zero-order valence-electron chi connectivity index (χ0n) is 6.41. The molecule has 0 aliphatic carbocycles. The van der Waals surface area contributed by atoms with Gasteiger partial charge in [-0.2, -0.15) is 5.26 Å². The van der Waals surface area contributed by atoms with Crippen molar-refractivity contribution in [3.63, 3.8) is 0 Å². The van der Waals surface area contributed by atoms with Gasteiger partial charge in [0, 0.05) is 11.6 Å². The molecule has 0 spiro atoms. The lowest BCUT2D eigenvalue weighted by Crippen LogP contribution is -1.82. The van der Waals surface area contributed by atoms with Gasteiger partial charge in [0.2, 0.25) is 0 Å². The minimum absolute atomic E-state index is 0.399. The Kier molecular flexibility index (Phi) is 1.83. The number of nitrogens with two attached hydrogens (primary N) is 1. The largest absolute Gasteiger partial charge is 0.389 e. The lowest BCUT2D eigenvalue weighted by atomic mass is 10.2. The summed E-state index contributed by atoms with van der Waals surface area (Å²) in [5, 5.41) is 10.5. The fraction of sp³-hybridized carbons (Fsp3) is 0. The Balaban J connectivity index is 2.96. The Morgan fingerprint density at radius 1 is 1.62 bits per heavy atom. The van der Waals surface area contributed by atoms with E-state index in [2.05, 4.69) is 4.98 Å². The number of rotatable bonds is 0. The average molecular weight is 210 g/mol. The topological polar surface area (TPSA) is 62.7 Å². The zero-order chi connectivity index (χ0) is 9.42. The summed E-state index contributed by atoms with van der Waals surface area (Å²) in [6.07, 6.45) is 1.57. The van der Waals surface area contributed by atoms with Crippen molar-refractivity contribution in [2.45, 2.75) is 0 Å². The van der Waals surface area contributed by atoms with Crippen LogP contribution in [0.15, 0.2) is 12.3 Å². The zero-order valence-corrected chi connectivity index (χ0v) is 7.99. The highest BCUT2D eigenvalue weighted by atomic mass is 35.5. The molecule has 0 aromatic carbocycles. The fourth-order valence-electron chi connectivity index (χ4n) is 1.13. The van der Waals surface area contributed by atoms with E-state index in [0.717, 1.165) is 10.1 Å². The molecule has 2 N–H and O–H groups in total. The maximum atomic E-state index is 8.81. The Bertz CT molecular complexity index is 512. The minimum atomic E-state index is 0.399. The summed E-state index contributed by atoms with van der Waals surface area (Å²) in [6, 6.07) is 3.79. The molecule has 2 aromatic heterocycles. The minimum Gasteiger partial charge on any atom is -0.389 e. The molecule has 0 atom stereocenters. The lowest BCUT2D eigenvalue weighted by molar-refractivity contribution is 1.37. The van der Waals surface area contributed by atoms with Gasteiger partial charge >= 0.3 is 0 Å². The molecule has 64 valence electrons. The molecule has 2 aromatic rings. The van der Waals surface area contributed by atoms with Gasteiger partial charge in [0.25, 0.3) is 0 Å². The average Bonchev–Trinajstić information content (AvgIpc) is 2.43. The van der Waals surface area contributed by atoms with Crippen molar-refractivity contribution in [3.8, 4) is 6.07 Å².